The number of hydrogen-bond donors (Lipinski definition) is 0. The highest BCUT2D eigenvalue weighted by molar-refractivity contribution is 9.10. The van der Waals surface area contributed by atoms with E-state index in [2.05, 4.69) is 41.9 Å². The third-order valence-corrected chi connectivity index (χ3v) is 4.21. The molecule has 2 aromatic carbocycles. The highest BCUT2D eigenvalue weighted by Gasteiger charge is 2.05. The summed E-state index contributed by atoms with van der Waals surface area (Å²) in [4.78, 5) is 0. The zero-order valence-corrected chi connectivity index (χ0v) is 13.3. The minimum Gasteiger partial charge on any atom is -0.489 e. The summed E-state index contributed by atoms with van der Waals surface area (Å²) in [6.45, 7) is 4.82. The Balaban J connectivity index is 2.00. The van der Waals surface area contributed by atoms with Crippen molar-refractivity contribution in [2.75, 3.05) is 0 Å². The average Bonchev–Trinajstić information content (AvgIpc) is 2.46. The van der Waals surface area contributed by atoms with Crippen LogP contribution < -0.4 is 4.74 Å². The molecule has 0 amide bonds. The Labute approximate surface area is 127 Å². The minimum atomic E-state index is -0.251. The van der Waals surface area contributed by atoms with Gasteiger partial charge in [-0.2, -0.15) is 0 Å². The van der Waals surface area contributed by atoms with E-state index < -0.39 is 0 Å². The van der Waals surface area contributed by atoms with Gasteiger partial charge in [0.2, 0.25) is 0 Å². The second kappa shape index (κ2) is 6.89. The molecular formula is C17H18BrFO. The third-order valence-electron chi connectivity index (χ3n) is 3.47. The Morgan fingerprint density at radius 3 is 2.45 bits per heavy atom. The van der Waals surface area contributed by atoms with Crippen LogP contribution in [0.25, 0.3) is 0 Å². The van der Waals surface area contributed by atoms with Crippen LogP contribution in [0.3, 0.4) is 0 Å². The molecule has 106 valence electrons. The number of benzene rings is 2. The zero-order chi connectivity index (χ0) is 14.5. The van der Waals surface area contributed by atoms with E-state index in [0.717, 1.165) is 22.2 Å². The van der Waals surface area contributed by atoms with E-state index in [-0.39, 0.29) is 5.82 Å². The Morgan fingerprint density at radius 1 is 1.15 bits per heavy atom. The van der Waals surface area contributed by atoms with E-state index in [1.807, 2.05) is 12.1 Å². The van der Waals surface area contributed by atoms with E-state index in [1.54, 1.807) is 6.07 Å². The maximum Gasteiger partial charge on any atom is 0.124 e. The fraction of sp³-hybridized carbons (Fsp3) is 0.294. The zero-order valence-electron chi connectivity index (χ0n) is 11.7. The third kappa shape index (κ3) is 3.83. The monoisotopic (exact) mass is 336 g/mol. The second-order valence-corrected chi connectivity index (χ2v) is 5.76. The van der Waals surface area contributed by atoms with E-state index in [9.17, 15) is 4.39 Å². The number of ether oxygens (including phenoxy) is 1. The lowest BCUT2D eigenvalue weighted by molar-refractivity contribution is 0.305. The van der Waals surface area contributed by atoms with Crippen LogP contribution in [-0.4, -0.2) is 0 Å². The van der Waals surface area contributed by atoms with Crippen molar-refractivity contribution in [3.8, 4) is 5.75 Å². The summed E-state index contributed by atoms with van der Waals surface area (Å²) in [7, 11) is 0. The molecule has 1 atom stereocenters. The summed E-state index contributed by atoms with van der Waals surface area (Å²) in [6.07, 6.45) is 1.13. The molecule has 20 heavy (non-hydrogen) atoms. The van der Waals surface area contributed by atoms with Crippen LogP contribution in [0, 0.1) is 5.82 Å². The molecule has 2 rings (SSSR count). The lowest BCUT2D eigenvalue weighted by atomic mass is 9.99. The first-order valence-corrected chi connectivity index (χ1v) is 7.56. The fourth-order valence-corrected chi connectivity index (χ4v) is 2.39. The van der Waals surface area contributed by atoms with Gasteiger partial charge in [0.05, 0.1) is 0 Å². The van der Waals surface area contributed by atoms with Crippen LogP contribution in [0.5, 0.6) is 5.75 Å². The van der Waals surface area contributed by atoms with Crippen molar-refractivity contribution in [1.82, 2.24) is 0 Å². The molecule has 0 spiro atoms. The maximum absolute atomic E-state index is 13.0. The highest BCUT2D eigenvalue weighted by Crippen LogP contribution is 2.23. The lowest BCUT2D eigenvalue weighted by Gasteiger charge is -2.11. The van der Waals surface area contributed by atoms with Gasteiger partial charge in [-0.05, 0) is 42.2 Å². The minimum absolute atomic E-state index is 0.251. The molecule has 0 bridgehead atoms. The molecule has 0 aromatic heterocycles. The van der Waals surface area contributed by atoms with Gasteiger partial charge in [0.15, 0.2) is 0 Å². The molecule has 1 unspecified atom stereocenters. The molecule has 0 aliphatic heterocycles. The van der Waals surface area contributed by atoms with E-state index in [1.165, 1.54) is 17.7 Å². The van der Waals surface area contributed by atoms with Crippen molar-refractivity contribution in [1.29, 1.82) is 0 Å². The topological polar surface area (TPSA) is 9.23 Å². The van der Waals surface area contributed by atoms with Crippen molar-refractivity contribution in [2.45, 2.75) is 32.8 Å². The van der Waals surface area contributed by atoms with Crippen molar-refractivity contribution in [2.24, 2.45) is 0 Å². The van der Waals surface area contributed by atoms with Crippen LogP contribution in [0.4, 0.5) is 4.39 Å². The van der Waals surface area contributed by atoms with Crippen molar-refractivity contribution in [3.05, 3.63) is 63.9 Å². The Hall–Kier alpha value is -1.35. The lowest BCUT2D eigenvalue weighted by Crippen LogP contribution is -1.97. The Bertz CT molecular complexity index is 566. The predicted molar refractivity (Wildman–Crippen MR) is 83.6 cm³/mol. The number of halogens is 2. The van der Waals surface area contributed by atoms with Gasteiger partial charge in [-0.25, -0.2) is 4.39 Å². The van der Waals surface area contributed by atoms with Crippen LogP contribution >= 0.6 is 15.9 Å². The molecule has 1 nitrogen and oxygen atoms in total. The van der Waals surface area contributed by atoms with Crippen molar-refractivity contribution in [3.63, 3.8) is 0 Å². The first-order chi connectivity index (χ1) is 9.60. The quantitative estimate of drug-likeness (QED) is 0.682. The highest BCUT2D eigenvalue weighted by atomic mass is 79.9. The molecule has 0 radical (unpaired) electrons. The van der Waals surface area contributed by atoms with E-state index in [4.69, 9.17) is 4.74 Å². The van der Waals surface area contributed by atoms with Crippen molar-refractivity contribution < 1.29 is 9.13 Å². The molecule has 0 aliphatic carbocycles. The normalized spacial score (nSPS) is 12.2. The summed E-state index contributed by atoms with van der Waals surface area (Å²) < 4.78 is 19.5. The van der Waals surface area contributed by atoms with Crippen LogP contribution in [-0.2, 0) is 6.61 Å². The number of hydrogen-bond acceptors (Lipinski definition) is 1. The van der Waals surface area contributed by atoms with Gasteiger partial charge in [0.1, 0.15) is 18.2 Å². The van der Waals surface area contributed by atoms with Gasteiger partial charge in [0.25, 0.3) is 0 Å². The first-order valence-electron chi connectivity index (χ1n) is 6.77. The molecule has 3 heteroatoms. The summed E-state index contributed by atoms with van der Waals surface area (Å²) in [5.74, 6) is 1.14. The van der Waals surface area contributed by atoms with Gasteiger partial charge in [-0.1, -0.05) is 48.0 Å². The van der Waals surface area contributed by atoms with Gasteiger partial charge in [-0.15, -0.1) is 0 Å². The summed E-state index contributed by atoms with van der Waals surface area (Å²) in [5, 5.41) is 0. The van der Waals surface area contributed by atoms with Crippen LogP contribution in [0.2, 0.25) is 0 Å². The molecule has 0 heterocycles. The van der Waals surface area contributed by atoms with Gasteiger partial charge in [-0.3, -0.25) is 0 Å². The van der Waals surface area contributed by atoms with Gasteiger partial charge in [0, 0.05) is 10.0 Å². The summed E-state index contributed by atoms with van der Waals surface area (Å²) >= 11 is 3.34. The van der Waals surface area contributed by atoms with Gasteiger partial charge >= 0.3 is 0 Å². The molecular weight excluding hydrogens is 319 g/mol. The Kier molecular flexibility index (Phi) is 5.18. The molecule has 0 aliphatic rings. The first kappa shape index (κ1) is 15.0. The molecule has 0 saturated heterocycles. The molecule has 0 N–H and O–H groups in total. The standard InChI is InChI=1S/C17H18BrFO/c1-3-12(2)13-5-8-16(9-6-13)20-11-14-4-7-15(19)10-17(14)18/h4-10,12H,3,11H2,1-2H3. The maximum atomic E-state index is 13.0. The molecule has 2 aromatic rings. The molecule has 0 saturated carbocycles. The van der Waals surface area contributed by atoms with Crippen molar-refractivity contribution >= 4 is 15.9 Å². The van der Waals surface area contributed by atoms with E-state index >= 15 is 0 Å². The Morgan fingerprint density at radius 2 is 1.85 bits per heavy atom. The summed E-state index contributed by atoms with van der Waals surface area (Å²) in [6, 6.07) is 12.8. The van der Waals surface area contributed by atoms with Crippen LogP contribution in [0.15, 0.2) is 46.9 Å². The van der Waals surface area contributed by atoms with Crippen LogP contribution in [0.1, 0.15) is 37.3 Å². The second-order valence-electron chi connectivity index (χ2n) is 4.90. The molecule has 0 fully saturated rings. The SMILES string of the molecule is CCC(C)c1ccc(OCc2ccc(F)cc2Br)cc1. The van der Waals surface area contributed by atoms with Gasteiger partial charge < -0.3 is 4.74 Å². The largest absolute Gasteiger partial charge is 0.489 e. The predicted octanol–water partition coefficient (Wildman–Crippen LogP) is 5.68. The summed E-state index contributed by atoms with van der Waals surface area (Å²) in [5.41, 5.74) is 2.25. The average molecular weight is 337 g/mol. The fourth-order valence-electron chi connectivity index (χ4n) is 1.93. The smallest absolute Gasteiger partial charge is 0.124 e. The number of rotatable bonds is 5. The van der Waals surface area contributed by atoms with E-state index in [0.29, 0.717) is 12.5 Å².